The Morgan fingerprint density at radius 2 is 1.69 bits per heavy atom. The van der Waals surface area contributed by atoms with Crippen LogP contribution in [0.1, 0.15) is 50.0 Å². The van der Waals surface area contributed by atoms with Crippen molar-refractivity contribution in [2.45, 2.75) is 58.7 Å². The molecule has 0 unspecified atom stereocenters. The van der Waals surface area contributed by atoms with Crippen LogP contribution in [-0.2, 0) is 16.0 Å². The van der Waals surface area contributed by atoms with Crippen molar-refractivity contribution in [2.75, 3.05) is 6.61 Å². The first kappa shape index (κ1) is 26.5. The number of rotatable bonds is 5. The summed E-state index contributed by atoms with van der Waals surface area (Å²) in [4.78, 5) is 40.1. The van der Waals surface area contributed by atoms with Gasteiger partial charge >= 0.3 is 0 Å². The molecular formula is C27H34ClN3O4. The van der Waals surface area contributed by atoms with E-state index in [0.717, 1.165) is 5.56 Å². The van der Waals surface area contributed by atoms with Crippen molar-refractivity contribution in [3.05, 3.63) is 64.7 Å². The Morgan fingerprint density at radius 3 is 2.34 bits per heavy atom. The van der Waals surface area contributed by atoms with E-state index >= 15 is 0 Å². The highest BCUT2D eigenvalue weighted by atomic mass is 35.5. The first-order valence-corrected chi connectivity index (χ1v) is 12.4. The minimum Gasteiger partial charge on any atom is -0.491 e. The SMILES string of the molecule is CC[C@H](C)[C@@H]1NC(=O)c2cc(Cl)ccc2OC[C@H](C(C)C)NC(=O)[C@H](Cc2ccccc2)NC1=O. The fourth-order valence-corrected chi connectivity index (χ4v) is 4.08. The molecular weight excluding hydrogens is 466 g/mol. The van der Waals surface area contributed by atoms with Gasteiger partial charge in [0.2, 0.25) is 11.8 Å². The molecule has 0 spiro atoms. The van der Waals surface area contributed by atoms with Crippen LogP contribution in [0.5, 0.6) is 5.75 Å². The molecule has 3 rings (SSSR count). The predicted octanol–water partition coefficient (Wildman–Crippen LogP) is 3.75. The quantitative estimate of drug-likeness (QED) is 0.583. The van der Waals surface area contributed by atoms with E-state index in [2.05, 4.69) is 16.0 Å². The van der Waals surface area contributed by atoms with Crippen LogP contribution in [0, 0.1) is 11.8 Å². The van der Waals surface area contributed by atoms with Crippen molar-refractivity contribution < 1.29 is 19.1 Å². The molecule has 1 aliphatic rings. The molecule has 0 saturated heterocycles. The summed E-state index contributed by atoms with van der Waals surface area (Å²) < 4.78 is 6.01. The minimum atomic E-state index is -0.841. The second kappa shape index (κ2) is 12.1. The van der Waals surface area contributed by atoms with Gasteiger partial charge in [-0.1, -0.05) is 76.0 Å². The van der Waals surface area contributed by atoms with E-state index in [4.69, 9.17) is 16.3 Å². The van der Waals surface area contributed by atoms with Gasteiger partial charge in [0.25, 0.3) is 5.91 Å². The van der Waals surface area contributed by atoms with Gasteiger partial charge in [-0.25, -0.2) is 0 Å². The van der Waals surface area contributed by atoms with Crippen LogP contribution in [0.15, 0.2) is 48.5 Å². The van der Waals surface area contributed by atoms with Gasteiger partial charge in [-0.3, -0.25) is 14.4 Å². The lowest BCUT2D eigenvalue weighted by Gasteiger charge is -2.28. The molecule has 35 heavy (non-hydrogen) atoms. The maximum absolute atomic E-state index is 13.4. The van der Waals surface area contributed by atoms with Crippen LogP contribution in [0.3, 0.4) is 0 Å². The Hall–Kier alpha value is -3.06. The molecule has 7 nitrogen and oxygen atoms in total. The standard InChI is InChI=1S/C27H34ClN3O4/c1-5-17(4)24-27(34)29-21(13-18-9-7-6-8-10-18)26(33)30-22(16(2)3)15-35-23-12-11-19(28)14-20(23)25(32)31-24/h6-12,14,16-17,21-22,24H,5,13,15H2,1-4H3,(H,29,34)(H,30,33)(H,31,32)/t17-,21-,22+,24-/m0/s1. The topological polar surface area (TPSA) is 96.5 Å². The highest BCUT2D eigenvalue weighted by Crippen LogP contribution is 2.24. The third-order valence-corrected chi connectivity index (χ3v) is 6.67. The highest BCUT2D eigenvalue weighted by Gasteiger charge is 2.32. The molecule has 4 atom stereocenters. The smallest absolute Gasteiger partial charge is 0.255 e. The lowest BCUT2D eigenvalue weighted by atomic mass is 9.96. The monoisotopic (exact) mass is 499 g/mol. The van der Waals surface area contributed by atoms with Gasteiger partial charge in [-0.05, 0) is 35.6 Å². The zero-order valence-corrected chi connectivity index (χ0v) is 21.4. The molecule has 0 bridgehead atoms. The van der Waals surface area contributed by atoms with E-state index in [9.17, 15) is 14.4 Å². The Kier molecular flexibility index (Phi) is 9.15. The van der Waals surface area contributed by atoms with Crippen molar-refractivity contribution in [2.24, 2.45) is 11.8 Å². The molecule has 3 N–H and O–H groups in total. The summed E-state index contributed by atoms with van der Waals surface area (Å²) in [7, 11) is 0. The molecule has 188 valence electrons. The largest absolute Gasteiger partial charge is 0.491 e. The van der Waals surface area contributed by atoms with Crippen LogP contribution in [0.2, 0.25) is 5.02 Å². The van der Waals surface area contributed by atoms with Gasteiger partial charge in [0.05, 0.1) is 11.6 Å². The van der Waals surface area contributed by atoms with Crippen LogP contribution in [-0.4, -0.2) is 42.5 Å². The van der Waals surface area contributed by atoms with Gasteiger partial charge in [-0.15, -0.1) is 0 Å². The molecule has 8 heteroatoms. The zero-order valence-electron chi connectivity index (χ0n) is 20.6. The lowest BCUT2D eigenvalue weighted by molar-refractivity contribution is -0.131. The molecule has 2 aromatic rings. The van der Waals surface area contributed by atoms with Gasteiger partial charge in [-0.2, -0.15) is 0 Å². The molecule has 1 aliphatic heterocycles. The normalized spacial score (nSPS) is 22.3. The Morgan fingerprint density at radius 1 is 0.971 bits per heavy atom. The summed E-state index contributed by atoms with van der Waals surface area (Å²) in [6.07, 6.45) is 0.976. The lowest BCUT2D eigenvalue weighted by Crippen LogP contribution is -2.57. The van der Waals surface area contributed by atoms with Crippen LogP contribution in [0.4, 0.5) is 0 Å². The zero-order chi connectivity index (χ0) is 25.5. The summed E-state index contributed by atoms with van der Waals surface area (Å²) in [5.41, 5.74) is 1.16. The van der Waals surface area contributed by atoms with E-state index in [-0.39, 0.29) is 36.0 Å². The van der Waals surface area contributed by atoms with Crippen LogP contribution in [0.25, 0.3) is 0 Å². The number of hydrogen-bond donors (Lipinski definition) is 3. The predicted molar refractivity (Wildman–Crippen MR) is 137 cm³/mol. The maximum Gasteiger partial charge on any atom is 0.255 e. The molecule has 0 saturated carbocycles. The number of halogens is 1. The molecule has 0 aromatic heterocycles. The van der Waals surface area contributed by atoms with Crippen molar-refractivity contribution in [1.82, 2.24) is 16.0 Å². The highest BCUT2D eigenvalue weighted by molar-refractivity contribution is 6.31. The van der Waals surface area contributed by atoms with Crippen LogP contribution < -0.4 is 20.7 Å². The second-order valence-corrected chi connectivity index (χ2v) is 9.83. The third-order valence-electron chi connectivity index (χ3n) is 6.43. The van der Waals surface area contributed by atoms with Crippen LogP contribution >= 0.6 is 11.6 Å². The van der Waals surface area contributed by atoms with E-state index in [0.29, 0.717) is 23.6 Å². The van der Waals surface area contributed by atoms with Gasteiger partial charge in [0.15, 0.2) is 0 Å². The first-order chi connectivity index (χ1) is 16.7. The van der Waals surface area contributed by atoms with Crippen molar-refractivity contribution in [3.63, 3.8) is 0 Å². The molecule has 1 heterocycles. The van der Waals surface area contributed by atoms with E-state index in [1.54, 1.807) is 12.1 Å². The third kappa shape index (κ3) is 6.98. The second-order valence-electron chi connectivity index (χ2n) is 9.40. The van der Waals surface area contributed by atoms with Crippen molar-refractivity contribution in [3.8, 4) is 5.75 Å². The fourth-order valence-electron chi connectivity index (χ4n) is 3.91. The number of carbonyl (C=O) groups is 3. The van der Waals surface area contributed by atoms with Gasteiger partial charge < -0.3 is 20.7 Å². The summed E-state index contributed by atoms with van der Waals surface area (Å²) in [5.74, 6) is -0.939. The van der Waals surface area contributed by atoms with E-state index in [1.807, 2.05) is 58.0 Å². The Balaban J connectivity index is 2.01. The minimum absolute atomic E-state index is 0.0505. The maximum atomic E-state index is 13.4. The fraction of sp³-hybridized carbons (Fsp3) is 0.444. The summed E-state index contributed by atoms with van der Waals surface area (Å²) in [6, 6.07) is 12.3. The Labute approximate surface area is 212 Å². The average molecular weight is 500 g/mol. The summed E-state index contributed by atoms with van der Waals surface area (Å²) in [6.45, 7) is 7.95. The number of hydrogen-bond acceptors (Lipinski definition) is 4. The number of ether oxygens (including phenoxy) is 1. The molecule has 2 aromatic carbocycles. The average Bonchev–Trinajstić information content (AvgIpc) is 2.84. The molecule has 0 radical (unpaired) electrons. The molecule has 0 fully saturated rings. The summed E-state index contributed by atoms with van der Waals surface area (Å²) in [5, 5.41) is 9.18. The summed E-state index contributed by atoms with van der Waals surface area (Å²) >= 11 is 6.17. The number of benzene rings is 2. The number of carbonyl (C=O) groups excluding carboxylic acids is 3. The molecule has 0 aliphatic carbocycles. The Bertz CT molecular complexity index is 1040. The number of amides is 3. The van der Waals surface area contributed by atoms with E-state index < -0.39 is 23.9 Å². The number of nitrogens with one attached hydrogen (secondary N) is 3. The van der Waals surface area contributed by atoms with E-state index in [1.165, 1.54) is 6.07 Å². The molecule has 3 amide bonds. The first-order valence-electron chi connectivity index (χ1n) is 12.1. The van der Waals surface area contributed by atoms with Gasteiger partial charge in [0, 0.05) is 11.4 Å². The van der Waals surface area contributed by atoms with Crippen molar-refractivity contribution >= 4 is 29.3 Å². The van der Waals surface area contributed by atoms with Gasteiger partial charge in [0.1, 0.15) is 24.4 Å². The van der Waals surface area contributed by atoms with Crippen molar-refractivity contribution in [1.29, 1.82) is 0 Å². The number of fused-ring (bicyclic) bond motifs is 1.